The highest BCUT2D eigenvalue weighted by atomic mass is 35.5. The van der Waals surface area contributed by atoms with Gasteiger partial charge in [0.2, 0.25) is 0 Å². The van der Waals surface area contributed by atoms with E-state index in [0.717, 1.165) is 19.3 Å². The Morgan fingerprint density at radius 3 is 2.38 bits per heavy atom. The van der Waals surface area contributed by atoms with Gasteiger partial charge in [-0.25, -0.2) is 0 Å². The summed E-state index contributed by atoms with van der Waals surface area (Å²) in [6.45, 7) is 4.00. The van der Waals surface area contributed by atoms with Gasteiger partial charge in [-0.05, 0) is 26.7 Å². The van der Waals surface area contributed by atoms with Gasteiger partial charge < -0.3 is 16.6 Å². The fourth-order valence-electron chi connectivity index (χ4n) is 1.14. The van der Waals surface area contributed by atoms with Crippen LogP contribution in [0.1, 0.15) is 39.5 Å². The molecule has 0 fully saturated rings. The minimum absolute atomic E-state index is 0. The minimum Gasteiger partial charge on any atom is -0.480 e. The normalized spacial score (nSPS) is 15.1. The van der Waals surface area contributed by atoms with Crippen LogP contribution in [0.2, 0.25) is 0 Å². The maximum atomic E-state index is 10.7. The predicted molar refractivity (Wildman–Crippen MR) is 68.1 cm³/mol. The third-order valence-corrected chi connectivity index (χ3v) is 2.20. The van der Waals surface area contributed by atoms with E-state index in [1.807, 2.05) is 0 Å². The molecule has 0 heterocycles. The first-order valence-corrected chi connectivity index (χ1v) is 5.15. The Hall–Kier alpha value is -0.810. The van der Waals surface area contributed by atoms with Crippen LogP contribution in [0.15, 0.2) is 4.99 Å². The first kappa shape index (κ1) is 17.6. The smallest absolute Gasteiger partial charge is 0.323 e. The van der Waals surface area contributed by atoms with Crippen molar-refractivity contribution < 1.29 is 9.90 Å². The molecule has 0 bridgehead atoms. The zero-order chi connectivity index (χ0) is 11.9. The molecule has 0 radical (unpaired) electrons. The van der Waals surface area contributed by atoms with Crippen molar-refractivity contribution in [3.05, 3.63) is 0 Å². The molecule has 16 heavy (non-hydrogen) atoms. The standard InChI is InChI=1S/C10H21N3O2.ClH/c1-8(11)13-7-5-3-4-6-10(2,12)9(14)15;/h3-7,12H2,1-2H3,(H2,11,13)(H,14,15);1H/t10-;/m0./s1. The van der Waals surface area contributed by atoms with E-state index in [2.05, 4.69) is 4.99 Å². The number of aliphatic carboxylic acids is 1. The van der Waals surface area contributed by atoms with Crippen molar-refractivity contribution in [2.24, 2.45) is 16.5 Å². The molecule has 96 valence electrons. The highest BCUT2D eigenvalue weighted by Crippen LogP contribution is 2.11. The van der Waals surface area contributed by atoms with Crippen LogP contribution in [0.4, 0.5) is 0 Å². The van der Waals surface area contributed by atoms with Crippen LogP contribution in [-0.4, -0.2) is 29.0 Å². The third kappa shape index (κ3) is 8.49. The number of hydrogen-bond donors (Lipinski definition) is 3. The molecule has 6 heteroatoms. The van der Waals surface area contributed by atoms with E-state index in [9.17, 15) is 4.79 Å². The SMILES string of the molecule is CC(N)=NCCCCC[C@](C)(N)C(=O)O.Cl. The number of halogens is 1. The Balaban J connectivity index is 0. The Morgan fingerprint density at radius 1 is 1.38 bits per heavy atom. The summed E-state index contributed by atoms with van der Waals surface area (Å²) in [6, 6.07) is 0. The van der Waals surface area contributed by atoms with Gasteiger partial charge in [0.05, 0.1) is 5.84 Å². The van der Waals surface area contributed by atoms with Crippen LogP contribution in [0, 0.1) is 0 Å². The highest BCUT2D eigenvalue weighted by molar-refractivity contribution is 5.85. The fourth-order valence-corrected chi connectivity index (χ4v) is 1.14. The Morgan fingerprint density at radius 2 is 1.94 bits per heavy atom. The Labute approximate surface area is 103 Å². The maximum absolute atomic E-state index is 10.7. The molecule has 0 aliphatic carbocycles. The average Bonchev–Trinajstić information content (AvgIpc) is 2.10. The zero-order valence-electron chi connectivity index (χ0n) is 9.90. The summed E-state index contributed by atoms with van der Waals surface area (Å²) in [7, 11) is 0. The largest absolute Gasteiger partial charge is 0.480 e. The van der Waals surface area contributed by atoms with Crippen LogP contribution in [0.25, 0.3) is 0 Å². The number of hydrogen-bond acceptors (Lipinski definition) is 3. The lowest BCUT2D eigenvalue weighted by atomic mass is 9.96. The first-order valence-electron chi connectivity index (χ1n) is 5.15. The number of aliphatic imine (C=N–C) groups is 1. The molecule has 0 aromatic carbocycles. The second kappa shape index (κ2) is 8.35. The molecule has 0 saturated carbocycles. The molecule has 5 N–H and O–H groups in total. The number of nitrogens with zero attached hydrogens (tertiary/aromatic N) is 1. The molecular weight excluding hydrogens is 230 g/mol. The monoisotopic (exact) mass is 251 g/mol. The van der Waals surface area contributed by atoms with E-state index in [1.54, 1.807) is 6.92 Å². The van der Waals surface area contributed by atoms with Crippen molar-refractivity contribution in [2.45, 2.75) is 45.1 Å². The quantitative estimate of drug-likeness (QED) is 0.359. The molecule has 0 aliphatic rings. The summed E-state index contributed by atoms with van der Waals surface area (Å²) in [5.74, 6) is -0.359. The Kier molecular flexibility index (Phi) is 9.18. The number of nitrogens with two attached hydrogens (primary N) is 2. The Bertz CT molecular complexity index is 238. The van der Waals surface area contributed by atoms with Crippen molar-refractivity contribution in [1.29, 1.82) is 0 Å². The molecule has 0 aromatic heterocycles. The fraction of sp³-hybridized carbons (Fsp3) is 0.800. The number of carboxylic acids is 1. The lowest BCUT2D eigenvalue weighted by molar-refractivity contribution is -0.142. The first-order chi connectivity index (χ1) is 6.86. The summed E-state index contributed by atoms with van der Waals surface area (Å²) in [6.07, 6.45) is 3.15. The molecule has 0 aliphatic heterocycles. The molecule has 0 amide bonds. The molecule has 0 saturated heterocycles. The van der Waals surface area contributed by atoms with E-state index in [4.69, 9.17) is 16.6 Å². The van der Waals surface area contributed by atoms with E-state index >= 15 is 0 Å². The third-order valence-electron chi connectivity index (χ3n) is 2.20. The molecule has 0 aromatic rings. The van der Waals surface area contributed by atoms with Gasteiger partial charge in [0.15, 0.2) is 0 Å². The second-order valence-corrected chi connectivity index (χ2v) is 4.06. The average molecular weight is 252 g/mol. The van der Waals surface area contributed by atoms with Gasteiger partial charge in [0.1, 0.15) is 5.54 Å². The highest BCUT2D eigenvalue weighted by Gasteiger charge is 2.26. The van der Waals surface area contributed by atoms with Crippen LogP contribution in [-0.2, 0) is 4.79 Å². The number of carboxylic acid groups (broad SMARTS) is 1. The van der Waals surface area contributed by atoms with Crippen molar-refractivity contribution in [2.75, 3.05) is 6.54 Å². The number of amidine groups is 1. The van der Waals surface area contributed by atoms with Crippen molar-refractivity contribution in [3.8, 4) is 0 Å². The molecular formula is C10H22ClN3O2. The summed E-state index contributed by atoms with van der Waals surface area (Å²) in [5, 5.41) is 8.75. The summed E-state index contributed by atoms with van der Waals surface area (Å²) < 4.78 is 0. The van der Waals surface area contributed by atoms with E-state index < -0.39 is 11.5 Å². The van der Waals surface area contributed by atoms with Gasteiger partial charge in [-0.3, -0.25) is 9.79 Å². The lowest BCUT2D eigenvalue weighted by Gasteiger charge is -2.18. The van der Waals surface area contributed by atoms with Gasteiger partial charge >= 0.3 is 5.97 Å². The number of unbranched alkanes of at least 4 members (excludes halogenated alkanes) is 2. The maximum Gasteiger partial charge on any atom is 0.323 e. The van der Waals surface area contributed by atoms with Crippen LogP contribution in [0.5, 0.6) is 0 Å². The number of rotatable bonds is 7. The predicted octanol–water partition coefficient (Wildman–Crippen LogP) is 1.15. The van der Waals surface area contributed by atoms with E-state index in [0.29, 0.717) is 18.8 Å². The molecule has 5 nitrogen and oxygen atoms in total. The van der Waals surface area contributed by atoms with E-state index in [1.165, 1.54) is 6.92 Å². The van der Waals surface area contributed by atoms with E-state index in [-0.39, 0.29) is 12.4 Å². The summed E-state index contributed by atoms with van der Waals surface area (Å²) >= 11 is 0. The van der Waals surface area contributed by atoms with Gasteiger partial charge in [0.25, 0.3) is 0 Å². The van der Waals surface area contributed by atoms with Crippen LogP contribution in [0.3, 0.4) is 0 Å². The summed E-state index contributed by atoms with van der Waals surface area (Å²) in [4.78, 5) is 14.7. The molecule has 0 unspecified atom stereocenters. The van der Waals surface area contributed by atoms with Gasteiger partial charge in [-0.1, -0.05) is 12.8 Å². The topological polar surface area (TPSA) is 102 Å². The lowest BCUT2D eigenvalue weighted by Crippen LogP contribution is -2.44. The molecule has 1 atom stereocenters. The van der Waals surface area contributed by atoms with Crippen LogP contribution < -0.4 is 11.5 Å². The van der Waals surface area contributed by atoms with Gasteiger partial charge in [-0.15, -0.1) is 12.4 Å². The molecule has 0 spiro atoms. The zero-order valence-corrected chi connectivity index (χ0v) is 10.7. The molecule has 0 rings (SSSR count). The van der Waals surface area contributed by atoms with Crippen molar-refractivity contribution in [3.63, 3.8) is 0 Å². The summed E-state index contributed by atoms with van der Waals surface area (Å²) in [5.41, 5.74) is 9.84. The van der Waals surface area contributed by atoms with Crippen molar-refractivity contribution in [1.82, 2.24) is 0 Å². The number of carbonyl (C=O) groups is 1. The second-order valence-electron chi connectivity index (χ2n) is 4.06. The van der Waals surface area contributed by atoms with Gasteiger partial charge in [-0.2, -0.15) is 0 Å². The van der Waals surface area contributed by atoms with Gasteiger partial charge in [0, 0.05) is 6.54 Å². The minimum atomic E-state index is -1.10. The van der Waals surface area contributed by atoms with Crippen LogP contribution >= 0.6 is 12.4 Å². The van der Waals surface area contributed by atoms with Crippen molar-refractivity contribution >= 4 is 24.2 Å².